The topological polar surface area (TPSA) is 12.0 Å². The van der Waals surface area contributed by atoms with Gasteiger partial charge in [0.25, 0.3) is 0 Å². The van der Waals surface area contributed by atoms with Gasteiger partial charge >= 0.3 is 0 Å². The summed E-state index contributed by atoms with van der Waals surface area (Å²) in [6, 6.07) is 8.18. The molecule has 1 atom stereocenters. The number of thioether (sulfide) groups is 1. The summed E-state index contributed by atoms with van der Waals surface area (Å²) in [6.45, 7) is 3.28. The van der Waals surface area contributed by atoms with E-state index in [2.05, 4.69) is 24.4 Å². The highest BCUT2D eigenvalue weighted by Gasteiger charge is 2.10. The molecule has 1 rings (SSSR count). The third-order valence-electron chi connectivity index (χ3n) is 2.83. The van der Waals surface area contributed by atoms with E-state index in [1.54, 1.807) is 0 Å². The molecular weight excluding hydrogens is 250 g/mol. The first-order chi connectivity index (χ1) is 8.27. The fourth-order valence-corrected chi connectivity index (χ4v) is 2.94. The molecule has 0 aliphatic carbocycles. The first kappa shape index (κ1) is 14.9. The molecule has 3 heteroatoms. The molecule has 0 amide bonds. The van der Waals surface area contributed by atoms with Crippen molar-refractivity contribution in [3.63, 3.8) is 0 Å². The normalized spacial score (nSPS) is 12.6. The lowest BCUT2D eigenvalue weighted by Gasteiger charge is -2.17. The molecule has 0 saturated heterocycles. The van der Waals surface area contributed by atoms with Crippen molar-refractivity contribution in [2.75, 3.05) is 25.1 Å². The van der Waals surface area contributed by atoms with Gasteiger partial charge in [-0.25, -0.2) is 0 Å². The summed E-state index contributed by atoms with van der Waals surface area (Å²) in [6.07, 6.45) is 2.33. The van der Waals surface area contributed by atoms with E-state index in [4.69, 9.17) is 11.6 Å². The Labute approximate surface area is 114 Å². The molecule has 0 aliphatic heterocycles. The third kappa shape index (κ3) is 5.80. The Bertz CT molecular complexity index is 317. The second-order valence-corrected chi connectivity index (χ2v) is 6.01. The van der Waals surface area contributed by atoms with E-state index in [0.29, 0.717) is 5.92 Å². The number of nitrogens with one attached hydrogen (secondary N) is 1. The number of halogens is 1. The fourth-order valence-electron chi connectivity index (χ4n) is 1.93. The Hall–Kier alpha value is -0.180. The van der Waals surface area contributed by atoms with E-state index < -0.39 is 0 Å². The standard InChI is InChI=1S/C14H22ClNS/c1-3-17-9-8-12(11-16-2)10-13-6-4-5-7-14(13)15/h4-7,12,16H,3,8-11H2,1-2H3. The first-order valence-electron chi connectivity index (χ1n) is 6.23. The molecule has 1 N–H and O–H groups in total. The summed E-state index contributed by atoms with van der Waals surface area (Å²) in [4.78, 5) is 0. The maximum Gasteiger partial charge on any atom is 0.0438 e. The molecule has 96 valence electrons. The van der Waals surface area contributed by atoms with Gasteiger partial charge in [-0.3, -0.25) is 0 Å². The molecule has 0 saturated carbocycles. The van der Waals surface area contributed by atoms with Crippen molar-refractivity contribution in [1.82, 2.24) is 5.32 Å². The van der Waals surface area contributed by atoms with E-state index in [1.165, 1.54) is 23.5 Å². The van der Waals surface area contributed by atoms with Gasteiger partial charge in [0.2, 0.25) is 0 Å². The van der Waals surface area contributed by atoms with Crippen LogP contribution in [0.25, 0.3) is 0 Å². The van der Waals surface area contributed by atoms with Crippen LogP contribution >= 0.6 is 23.4 Å². The summed E-state index contributed by atoms with van der Waals surface area (Å²) in [5.74, 6) is 3.13. The molecule has 17 heavy (non-hydrogen) atoms. The quantitative estimate of drug-likeness (QED) is 0.721. The SMILES string of the molecule is CCSCCC(CNC)Cc1ccccc1Cl. The van der Waals surface area contributed by atoms with Gasteiger partial charge in [0.1, 0.15) is 0 Å². The molecular formula is C14H22ClNS. The van der Waals surface area contributed by atoms with Crippen molar-refractivity contribution >= 4 is 23.4 Å². The zero-order chi connectivity index (χ0) is 12.5. The minimum Gasteiger partial charge on any atom is -0.319 e. The Morgan fingerprint density at radius 3 is 2.76 bits per heavy atom. The molecule has 1 aromatic carbocycles. The predicted octanol–water partition coefficient (Wildman–Crippen LogP) is 3.86. The second-order valence-electron chi connectivity index (χ2n) is 4.20. The summed E-state index contributed by atoms with van der Waals surface area (Å²) in [5, 5.41) is 4.18. The lowest BCUT2D eigenvalue weighted by atomic mass is 9.97. The van der Waals surface area contributed by atoms with E-state index in [9.17, 15) is 0 Å². The van der Waals surface area contributed by atoms with Crippen LogP contribution in [0, 0.1) is 5.92 Å². The minimum atomic E-state index is 0.680. The lowest BCUT2D eigenvalue weighted by Crippen LogP contribution is -2.21. The van der Waals surface area contributed by atoms with Crippen molar-refractivity contribution in [2.24, 2.45) is 5.92 Å². The Morgan fingerprint density at radius 2 is 2.12 bits per heavy atom. The van der Waals surface area contributed by atoms with Gasteiger partial charge in [0.05, 0.1) is 0 Å². The molecule has 0 aliphatic rings. The van der Waals surface area contributed by atoms with Gasteiger partial charge in [-0.15, -0.1) is 0 Å². The minimum absolute atomic E-state index is 0.680. The van der Waals surface area contributed by atoms with Crippen molar-refractivity contribution in [3.8, 4) is 0 Å². The smallest absolute Gasteiger partial charge is 0.0438 e. The van der Waals surface area contributed by atoms with Crippen LogP contribution in [0.15, 0.2) is 24.3 Å². The summed E-state index contributed by atoms with van der Waals surface area (Å²) in [7, 11) is 2.02. The Kier molecular flexibility index (Phi) is 7.74. The molecule has 1 unspecified atom stereocenters. The summed E-state index contributed by atoms with van der Waals surface area (Å²) < 4.78 is 0. The highest BCUT2D eigenvalue weighted by atomic mass is 35.5. The van der Waals surface area contributed by atoms with Gasteiger partial charge in [0, 0.05) is 5.02 Å². The van der Waals surface area contributed by atoms with Crippen LogP contribution in [0.4, 0.5) is 0 Å². The molecule has 1 nitrogen and oxygen atoms in total. The zero-order valence-electron chi connectivity index (χ0n) is 10.7. The van der Waals surface area contributed by atoms with E-state index >= 15 is 0 Å². The average Bonchev–Trinajstić information content (AvgIpc) is 2.32. The monoisotopic (exact) mass is 271 g/mol. The lowest BCUT2D eigenvalue weighted by molar-refractivity contribution is 0.485. The van der Waals surface area contributed by atoms with Crippen LogP contribution < -0.4 is 5.32 Å². The molecule has 1 aromatic rings. The van der Waals surface area contributed by atoms with Crippen molar-refractivity contribution < 1.29 is 0 Å². The summed E-state index contributed by atoms with van der Waals surface area (Å²) in [5.41, 5.74) is 1.27. The molecule has 0 bridgehead atoms. The van der Waals surface area contributed by atoms with E-state index in [-0.39, 0.29) is 0 Å². The highest BCUT2D eigenvalue weighted by Crippen LogP contribution is 2.21. The fraction of sp³-hybridized carbons (Fsp3) is 0.571. The van der Waals surface area contributed by atoms with Crippen molar-refractivity contribution in [1.29, 1.82) is 0 Å². The van der Waals surface area contributed by atoms with Crippen LogP contribution in [0.3, 0.4) is 0 Å². The third-order valence-corrected chi connectivity index (χ3v) is 4.14. The average molecular weight is 272 g/mol. The van der Waals surface area contributed by atoms with Crippen LogP contribution in [0.5, 0.6) is 0 Å². The second kappa shape index (κ2) is 8.84. The van der Waals surface area contributed by atoms with Crippen LogP contribution in [0.1, 0.15) is 18.9 Å². The molecule has 0 aromatic heterocycles. The summed E-state index contributed by atoms with van der Waals surface area (Å²) >= 11 is 8.22. The van der Waals surface area contributed by atoms with Gasteiger partial charge in [0.15, 0.2) is 0 Å². The van der Waals surface area contributed by atoms with Crippen LogP contribution in [0.2, 0.25) is 5.02 Å². The first-order valence-corrected chi connectivity index (χ1v) is 7.77. The molecule has 0 spiro atoms. The van der Waals surface area contributed by atoms with Crippen LogP contribution in [-0.4, -0.2) is 25.1 Å². The Balaban J connectivity index is 2.50. The van der Waals surface area contributed by atoms with Gasteiger partial charge in [-0.05, 0) is 55.5 Å². The van der Waals surface area contributed by atoms with Crippen LogP contribution in [-0.2, 0) is 6.42 Å². The number of hydrogen-bond donors (Lipinski definition) is 1. The predicted molar refractivity (Wildman–Crippen MR) is 80.2 cm³/mol. The van der Waals surface area contributed by atoms with Gasteiger partial charge < -0.3 is 5.32 Å². The highest BCUT2D eigenvalue weighted by molar-refractivity contribution is 7.99. The van der Waals surface area contributed by atoms with Gasteiger partial charge in [-0.2, -0.15) is 11.8 Å². The maximum atomic E-state index is 6.20. The molecule has 0 radical (unpaired) electrons. The van der Waals surface area contributed by atoms with E-state index in [1.807, 2.05) is 30.9 Å². The molecule has 0 fully saturated rings. The number of benzene rings is 1. The number of rotatable bonds is 8. The maximum absolute atomic E-state index is 6.20. The largest absolute Gasteiger partial charge is 0.319 e. The van der Waals surface area contributed by atoms with Crippen molar-refractivity contribution in [3.05, 3.63) is 34.9 Å². The number of hydrogen-bond acceptors (Lipinski definition) is 2. The van der Waals surface area contributed by atoms with E-state index in [0.717, 1.165) is 18.0 Å². The van der Waals surface area contributed by atoms with Gasteiger partial charge in [-0.1, -0.05) is 36.7 Å². The van der Waals surface area contributed by atoms with Crippen molar-refractivity contribution in [2.45, 2.75) is 19.8 Å². The molecule has 0 heterocycles. The zero-order valence-corrected chi connectivity index (χ0v) is 12.3. The Morgan fingerprint density at radius 1 is 1.35 bits per heavy atom.